The molecule has 4 N–H and O–H groups in total. The van der Waals surface area contributed by atoms with Crippen molar-refractivity contribution >= 4 is 0 Å². The molecule has 0 saturated carbocycles. The first-order valence-corrected chi connectivity index (χ1v) is 5.51. The Morgan fingerprint density at radius 3 is 2.40 bits per heavy atom. The number of aliphatic hydroxyl groups excluding tert-OH is 3. The van der Waals surface area contributed by atoms with Crippen LogP contribution in [0.3, 0.4) is 0 Å². The van der Waals surface area contributed by atoms with E-state index in [9.17, 15) is 15.3 Å². The first kappa shape index (κ1) is 12.9. The molecule has 1 fully saturated rings. The van der Waals surface area contributed by atoms with Crippen molar-refractivity contribution in [3.05, 3.63) is 0 Å². The molecular weight excluding hydrogens is 198 g/mol. The molecule has 0 aromatic heterocycles. The van der Waals surface area contributed by atoms with Crippen LogP contribution in [0.25, 0.3) is 0 Å². The highest BCUT2D eigenvalue weighted by Gasteiger charge is 2.41. The van der Waals surface area contributed by atoms with E-state index >= 15 is 0 Å². The lowest BCUT2D eigenvalue weighted by Crippen LogP contribution is -2.60. The average Bonchev–Trinajstić information content (AvgIpc) is 2.23. The van der Waals surface area contributed by atoms with Crippen LogP contribution in [0.1, 0.15) is 26.7 Å². The molecule has 0 amide bonds. The van der Waals surface area contributed by atoms with E-state index in [2.05, 4.69) is 12.2 Å². The van der Waals surface area contributed by atoms with E-state index < -0.39 is 30.6 Å². The molecule has 1 saturated heterocycles. The molecule has 0 unspecified atom stereocenters. The zero-order valence-electron chi connectivity index (χ0n) is 9.26. The summed E-state index contributed by atoms with van der Waals surface area (Å²) in [5, 5.41) is 31.6. The maximum atomic E-state index is 9.63. The summed E-state index contributed by atoms with van der Waals surface area (Å²) in [6.45, 7) is 4.48. The third kappa shape index (κ3) is 3.12. The molecule has 1 rings (SSSR count). The molecule has 1 aliphatic rings. The summed E-state index contributed by atoms with van der Waals surface area (Å²) in [6.07, 6.45) is -2.27. The van der Waals surface area contributed by atoms with Gasteiger partial charge < -0.3 is 20.1 Å². The SMILES string of the molecule is CCCCN[C@H]1O[C@@H](C)[C@H](O)[C@@H](O)[C@H]1O. The van der Waals surface area contributed by atoms with Crippen molar-refractivity contribution in [3.8, 4) is 0 Å². The van der Waals surface area contributed by atoms with E-state index in [4.69, 9.17) is 4.74 Å². The molecule has 1 heterocycles. The molecule has 0 spiro atoms. The largest absolute Gasteiger partial charge is 0.388 e. The van der Waals surface area contributed by atoms with Gasteiger partial charge in [-0.3, -0.25) is 5.32 Å². The van der Waals surface area contributed by atoms with E-state index in [0.717, 1.165) is 19.4 Å². The van der Waals surface area contributed by atoms with E-state index in [1.54, 1.807) is 6.92 Å². The molecule has 5 heteroatoms. The van der Waals surface area contributed by atoms with Gasteiger partial charge in [-0.15, -0.1) is 0 Å². The van der Waals surface area contributed by atoms with Crippen LogP contribution in [0, 0.1) is 0 Å². The van der Waals surface area contributed by atoms with Crippen LogP contribution < -0.4 is 5.32 Å². The van der Waals surface area contributed by atoms with Crippen molar-refractivity contribution in [3.63, 3.8) is 0 Å². The molecule has 0 radical (unpaired) electrons. The molecule has 0 aromatic rings. The van der Waals surface area contributed by atoms with E-state index in [1.165, 1.54) is 0 Å². The van der Waals surface area contributed by atoms with Crippen LogP contribution >= 0.6 is 0 Å². The molecule has 15 heavy (non-hydrogen) atoms. The molecular formula is C10H21NO4. The maximum Gasteiger partial charge on any atom is 0.137 e. The number of hydrogen-bond donors (Lipinski definition) is 4. The van der Waals surface area contributed by atoms with Crippen molar-refractivity contribution in [1.82, 2.24) is 5.32 Å². The Bertz CT molecular complexity index is 190. The number of rotatable bonds is 4. The van der Waals surface area contributed by atoms with Gasteiger partial charge in [0.1, 0.15) is 24.5 Å². The summed E-state index contributed by atoms with van der Waals surface area (Å²) in [7, 11) is 0. The minimum Gasteiger partial charge on any atom is -0.388 e. The summed E-state index contributed by atoms with van der Waals surface area (Å²) < 4.78 is 5.36. The topological polar surface area (TPSA) is 82.0 Å². The minimum atomic E-state index is -1.15. The number of hydrogen-bond acceptors (Lipinski definition) is 5. The van der Waals surface area contributed by atoms with Gasteiger partial charge in [0.05, 0.1) is 6.10 Å². The smallest absolute Gasteiger partial charge is 0.137 e. The van der Waals surface area contributed by atoms with Crippen molar-refractivity contribution in [1.29, 1.82) is 0 Å². The van der Waals surface area contributed by atoms with Gasteiger partial charge >= 0.3 is 0 Å². The van der Waals surface area contributed by atoms with Gasteiger partial charge in [-0.05, 0) is 19.9 Å². The van der Waals surface area contributed by atoms with E-state index in [1.807, 2.05) is 0 Å². The minimum absolute atomic E-state index is 0.470. The fourth-order valence-corrected chi connectivity index (χ4v) is 1.64. The Balaban J connectivity index is 2.43. The summed E-state index contributed by atoms with van der Waals surface area (Å²) in [6, 6.07) is 0. The second-order valence-corrected chi connectivity index (χ2v) is 4.04. The molecule has 90 valence electrons. The Labute approximate surface area is 90.1 Å². The number of ether oxygens (including phenoxy) is 1. The first-order valence-electron chi connectivity index (χ1n) is 5.51. The van der Waals surface area contributed by atoms with Gasteiger partial charge in [-0.2, -0.15) is 0 Å². The highest BCUT2D eigenvalue weighted by molar-refractivity contribution is 4.89. The van der Waals surface area contributed by atoms with Gasteiger partial charge in [0.15, 0.2) is 0 Å². The van der Waals surface area contributed by atoms with Crippen LogP contribution in [-0.4, -0.2) is 52.5 Å². The Morgan fingerprint density at radius 1 is 1.13 bits per heavy atom. The summed E-state index contributed by atoms with van der Waals surface area (Å²) >= 11 is 0. The fraction of sp³-hybridized carbons (Fsp3) is 1.00. The van der Waals surface area contributed by atoms with Crippen molar-refractivity contribution in [2.24, 2.45) is 0 Å². The third-order valence-corrected chi connectivity index (χ3v) is 2.73. The quantitative estimate of drug-likeness (QED) is 0.466. The lowest BCUT2D eigenvalue weighted by atomic mass is 9.99. The Kier molecular flexibility index (Phi) is 4.95. The molecule has 0 bridgehead atoms. The summed E-state index contributed by atoms with van der Waals surface area (Å²) in [4.78, 5) is 0. The maximum absolute atomic E-state index is 9.63. The van der Waals surface area contributed by atoms with Crippen LogP contribution in [-0.2, 0) is 4.74 Å². The predicted molar refractivity (Wildman–Crippen MR) is 55.3 cm³/mol. The molecule has 1 aliphatic heterocycles. The number of nitrogens with one attached hydrogen (secondary N) is 1. The monoisotopic (exact) mass is 219 g/mol. The van der Waals surface area contributed by atoms with Gasteiger partial charge in [-0.25, -0.2) is 0 Å². The average molecular weight is 219 g/mol. The van der Waals surface area contributed by atoms with E-state index in [-0.39, 0.29) is 0 Å². The fourth-order valence-electron chi connectivity index (χ4n) is 1.64. The number of aliphatic hydroxyl groups is 3. The summed E-state index contributed by atoms with van der Waals surface area (Å²) in [5.41, 5.74) is 0. The van der Waals surface area contributed by atoms with Crippen LogP contribution in [0.5, 0.6) is 0 Å². The Hall–Kier alpha value is -0.200. The van der Waals surface area contributed by atoms with Crippen molar-refractivity contribution < 1.29 is 20.1 Å². The van der Waals surface area contributed by atoms with Gasteiger partial charge in [0.25, 0.3) is 0 Å². The zero-order chi connectivity index (χ0) is 11.4. The predicted octanol–water partition coefficient (Wildman–Crippen LogP) is -0.796. The molecule has 0 aliphatic carbocycles. The van der Waals surface area contributed by atoms with Crippen molar-refractivity contribution in [2.75, 3.05) is 6.54 Å². The Morgan fingerprint density at radius 2 is 1.80 bits per heavy atom. The highest BCUT2D eigenvalue weighted by atomic mass is 16.5. The lowest BCUT2D eigenvalue weighted by molar-refractivity contribution is -0.224. The molecule has 5 nitrogen and oxygen atoms in total. The van der Waals surface area contributed by atoms with Gasteiger partial charge in [0.2, 0.25) is 0 Å². The highest BCUT2D eigenvalue weighted by Crippen LogP contribution is 2.19. The van der Waals surface area contributed by atoms with Crippen LogP contribution in [0.4, 0.5) is 0 Å². The van der Waals surface area contributed by atoms with Gasteiger partial charge in [-0.1, -0.05) is 13.3 Å². The zero-order valence-corrected chi connectivity index (χ0v) is 9.26. The van der Waals surface area contributed by atoms with Crippen LogP contribution in [0.2, 0.25) is 0 Å². The van der Waals surface area contributed by atoms with Crippen LogP contribution in [0.15, 0.2) is 0 Å². The van der Waals surface area contributed by atoms with Gasteiger partial charge in [0, 0.05) is 0 Å². The second kappa shape index (κ2) is 5.77. The first-order chi connectivity index (χ1) is 7.07. The molecule has 0 aromatic carbocycles. The van der Waals surface area contributed by atoms with E-state index in [0.29, 0.717) is 0 Å². The number of unbranched alkanes of at least 4 members (excludes halogenated alkanes) is 1. The summed E-state index contributed by atoms with van der Waals surface area (Å²) in [5.74, 6) is 0. The van der Waals surface area contributed by atoms with Crippen molar-refractivity contribution in [2.45, 2.75) is 57.3 Å². The molecule has 5 atom stereocenters. The second-order valence-electron chi connectivity index (χ2n) is 4.04. The lowest BCUT2D eigenvalue weighted by Gasteiger charge is -2.39. The third-order valence-electron chi connectivity index (χ3n) is 2.73. The normalized spacial score (nSPS) is 41.8. The standard InChI is InChI=1S/C10H21NO4/c1-3-4-5-11-10-9(14)8(13)7(12)6(2)15-10/h6-14H,3-5H2,1-2H3/t6-,7-,8+,9+,10-/m0/s1.